The van der Waals surface area contributed by atoms with Crippen LogP contribution in [0.3, 0.4) is 0 Å². The first-order valence-corrected chi connectivity index (χ1v) is 21.5. The topological polar surface area (TPSA) is 122 Å². The predicted octanol–water partition coefficient (Wildman–Crippen LogP) is 11.8. The van der Waals surface area contributed by atoms with Gasteiger partial charge in [-0.05, 0) is 106 Å². The van der Waals surface area contributed by atoms with Crippen LogP contribution in [0.4, 0.5) is 0 Å². The Labute approximate surface area is 378 Å². The molecule has 0 aliphatic heterocycles. The third-order valence-electron chi connectivity index (χ3n) is 11.1. The van der Waals surface area contributed by atoms with E-state index in [4.69, 9.17) is 18.9 Å². The van der Waals surface area contributed by atoms with E-state index in [0.717, 1.165) is 44.5 Å². The molecule has 0 aliphatic rings. The third kappa shape index (κ3) is 12.0. The zero-order chi connectivity index (χ0) is 46.1. The largest absolute Gasteiger partial charge is 0.496 e. The smallest absolute Gasteiger partial charge is 0.193 e. The monoisotopic (exact) mass is 892 g/mol. The van der Waals surface area contributed by atoms with Gasteiger partial charge in [0.25, 0.3) is 0 Å². The molecule has 5 aromatic rings. The van der Waals surface area contributed by atoms with Gasteiger partial charge in [-0.3, -0.25) is 23.7 Å². The standard InChI is InChI=1S/C26H33O7P.C26H26O2.H3P/c1-16(15-34-29)14-26(2,3)23(24(27)21-17(30-4)10-8-11-18(21)31-5)25(28)22-19(32-6)12-9-13-20(22)33-7;1-15-11-17(3)23(18(4)12-15)25(27)21-7-9-22(10-8-21)26(28)24-19(5)13-16(2)14-20(24)6;/h8-13,16,23H,14-15H2,1-7H3;7-14H,1-6H3;1H3. The van der Waals surface area contributed by atoms with Crippen molar-refractivity contribution in [2.75, 3.05) is 34.6 Å². The van der Waals surface area contributed by atoms with Gasteiger partial charge in [-0.25, -0.2) is 0 Å². The first-order chi connectivity index (χ1) is 29.3. The molecule has 11 heteroatoms. The number of ketones is 4. The Hall–Kier alpha value is -5.49. The molecule has 0 radical (unpaired) electrons. The van der Waals surface area contributed by atoms with Gasteiger partial charge in [-0.15, -0.1) is 0 Å². The number of carbonyl (C=O) groups is 4. The minimum absolute atomic E-state index is 0. The van der Waals surface area contributed by atoms with E-state index >= 15 is 0 Å². The summed E-state index contributed by atoms with van der Waals surface area (Å²) in [6, 6.07) is 25.2. The highest BCUT2D eigenvalue weighted by Crippen LogP contribution is 2.44. The van der Waals surface area contributed by atoms with Crippen molar-refractivity contribution in [3.63, 3.8) is 0 Å². The Bertz CT molecular complexity index is 2220. The number of aryl methyl sites for hydroxylation is 6. The maximum atomic E-state index is 14.2. The fraction of sp³-hybridized carbons (Fsp3) is 0.346. The molecule has 2 atom stereocenters. The SMILES string of the molecule is COc1cccc(OC)c1C(=O)C(C(=O)c1c(OC)cccc1OC)C(C)(C)CC(C)CP=O.Cc1cc(C)c(C(=O)c2ccc(C(=O)c3c(C)cc(C)cc3C)cc2)c(C)c1.P. The summed E-state index contributed by atoms with van der Waals surface area (Å²) in [5.41, 5.74) is 8.50. The Morgan fingerprint density at radius 1 is 0.540 bits per heavy atom. The molecule has 9 nitrogen and oxygen atoms in total. The highest BCUT2D eigenvalue weighted by Gasteiger charge is 2.45. The molecule has 0 saturated carbocycles. The molecule has 0 aliphatic carbocycles. The molecule has 63 heavy (non-hydrogen) atoms. The highest BCUT2D eigenvalue weighted by molar-refractivity contribution is 7.23. The van der Waals surface area contributed by atoms with Crippen molar-refractivity contribution in [3.05, 3.63) is 152 Å². The molecule has 0 N–H and O–H groups in total. The van der Waals surface area contributed by atoms with Crippen molar-refractivity contribution >= 4 is 41.5 Å². The van der Waals surface area contributed by atoms with E-state index in [1.54, 1.807) is 60.7 Å². The van der Waals surface area contributed by atoms with Crippen LogP contribution in [0.15, 0.2) is 84.9 Å². The minimum Gasteiger partial charge on any atom is -0.496 e. The molecule has 5 rings (SSSR count). The molecular formula is C52H62O9P2. The number of benzene rings is 5. The number of Topliss-reactive ketones (excluding diaryl/α,β-unsaturated/α-hetero) is 2. The molecule has 0 spiro atoms. The second kappa shape index (κ2) is 22.7. The maximum absolute atomic E-state index is 14.2. The Balaban J connectivity index is 0.000000335. The average molecular weight is 893 g/mol. The van der Waals surface area contributed by atoms with Crippen LogP contribution < -0.4 is 18.9 Å². The van der Waals surface area contributed by atoms with Crippen molar-refractivity contribution in [2.24, 2.45) is 17.3 Å². The van der Waals surface area contributed by atoms with Crippen LogP contribution in [0.2, 0.25) is 0 Å². The van der Waals surface area contributed by atoms with Crippen LogP contribution >= 0.6 is 18.4 Å². The summed E-state index contributed by atoms with van der Waals surface area (Å²) >= 11 is 0. The lowest BCUT2D eigenvalue weighted by Crippen LogP contribution is -2.39. The second-order valence-corrected chi connectivity index (χ2v) is 17.3. The summed E-state index contributed by atoms with van der Waals surface area (Å²) in [5, 5.41) is 0. The van der Waals surface area contributed by atoms with Crippen LogP contribution in [-0.4, -0.2) is 57.7 Å². The van der Waals surface area contributed by atoms with Gasteiger partial charge >= 0.3 is 0 Å². The molecular weight excluding hydrogens is 831 g/mol. The summed E-state index contributed by atoms with van der Waals surface area (Å²) < 4.78 is 33.1. The van der Waals surface area contributed by atoms with E-state index in [1.165, 1.54) is 28.4 Å². The number of hydrogen-bond donors (Lipinski definition) is 0. The van der Waals surface area contributed by atoms with Gasteiger partial charge in [0.15, 0.2) is 31.6 Å². The Kier molecular flexibility index (Phi) is 18.7. The van der Waals surface area contributed by atoms with E-state index in [1.807, 2.05) is 86.6 Å². The first-order valence-electron chi connectivity index (χ1n) is 20.5. The van der Waals surface area contributed by atoms with E-state index in [-0.39, 0.29) is 47.0 Å². The van der Waals surface area contributed by atoms with Crippen LogP contribution in [-0.2, 0) is 4.57 Å². The lowest BCUT2D eigenvalue weighted by molar-refractivity contribution is 0.0634. The van der Waals surface area contributed by atoms with Crippen LogP contribution in [0.5, 0.6) is 23.0 Å². The fourth-order valence-electron chi connectivity index (χ4n) is 8.65. The molecule has 0 bridgehead atoms. The molecule has 0 fully saturated rings. The van der Waals surface area contributed by atoms with Crippen molar-refractivity contribution in [2.45, 2.75) is 68.7 Å². The molecule has 0 amide bonds. The summed E-state index contributed by atoms with van der Waals surface area (Å²) in [7, 11) is 5.88. The minimum atomic E-state index is -1.12. The highest BCUT2D eigenvalue weighted by atomic mass is 31.1. The number of carbonyl (C=O) groups excluding carboxylic acids is 4. The van der Waals surface area contributed by atoms with Gasteiger partial charge < -0.3 is 18.9 Å². The van der Waals surface area contributed by atoms with Gasteiger partial charge in [0.05, 0.1) is 34.4 Å². The number of hydrogen-bond acceptors (Lipinski definition) is 9. The summed E-state index contributed by atoms with van der Waals surface area (Å²) in [5.74, 6) is -0.703. The van der Waals surface area contributed by atoms with Crippen molar-refractivity contribution < 1.29 is 42.7 Å². The average Bonchev–Trinajstić information content (AvgIpc) is 3.22. The lowest BCUT2D eigenvalue weighted by Gasteiger charge is -2.35. The molecule has 2 unspecified atom stereocenters. The molecule has 334 valence electrons. The normalized spacial score (nSPS) is 11.5. The van der Waals surface area contributed by atoms with Crippen molar-refractivity contribution in [1.29, 1.82) is 0 Å². The van der Waals surface area contributed by atoms with Crippen LogP contribution in [0, 0.1) is 58.8 Å². The van der Waals surface area contributed by atoms with Crippen LogP contribution in [0.25, 0.3) is 0 Å². The zero-order valence-corrected chi connectivity index (χ0v) is 41.3. The zero-order valence-electron chi connectivity index (χ0n) is 39.0. The van der Waals surface area contributed by atoms with Gasteiger partial charge in [0.2, 0.25) is 0 Å². The molecule has 0 saturated heterocycles. The molecule has 0 heterocycles. The number of ether oxygens (including phenoxy) is 4. The van der Waals surface area contributed by atoms with Gasteiger partial charge in [-0.2, -0.15) is 9.90 Å². The maximum Gasteiger partial charge on any atom is 0.193 e. The summed E-state index contributed by atoms with van der Waals surface area (Å²) in [6.45, 7) is 17.6. The van der Waals surface area contributed by atoms with E-state index in [9.17, 15) is 23.7 Å². The summed E-state index contributed by atoms with van der Waals surface area (Å²) in [6.07, 6.45) is 0.911. The number of methoxy groups -OCH3 is 4. The quantitative estimate of drug-likeness (QED) is 0.0510. The van der Waals surface area contributed by atoms with Crippen molar-refractivity contribution in [3.8, 4) is 23.0 Å². The van der Waals surface area contributed by atoms with E-state index in [2.05, 4.69) is 0 Å². The van der Waals surface area contributed by atoms with Crippen molar-refractivity contribution in [1.82, 2.24) is 0 Å². The first kappa shape index (κ1) is 51.9. The van der Waals surface area contributed by atoms with Gasteiger partial charge in [0.1, 0.15) is 34.1 Å². The fourth-order valence-corrected chi connectivity index (χ4v) is 9.03. The van der Waals surface area contributed by atoms with Gasteiger partial charge in [0, 0.05) is 28.4 Å². The lowest BCUT2D eigenvalue weighted by atomic mass is 9.67. The summed E-state index contributed by atoms with van der Waals surface area (Å²) in [4.78, 5) is 54.4. The molecule has 5 aromatic carbocycles. The molecule has 0 aromatic heterocycles. The Morgan fingerprint density at radius 2 is 0.841 bits per heavy atom. The third-order valence-corrected chi connectivity index (χ3v) is 11.9. The number of rotatable bonds is 17. The van der Waals surface area contributed by atoms with E-state index in [0.29, 0.717) is 46.7 Å². The van der Waals surface area contributed by atoms with E-state index < -0.39 is 22.9 Å². The van der Waals surface area contributed by atoms with Crippen LogP contribution in [0.1, 0.15) is 113 Å². The Morgan fingerprint density at radius 3 is 1.11 bits per heavy atom. The second-order valence-electron chi connectivity index (χ2n) is 16.6. The predicted molar refractivity (Wildman–Crippen MR) is 257 cm³/mol. The van der Waals surface area contributed by atoms with Gasteiger partial charge in [-0.1, -0.05) is 92.6 Å².